The Morgan fingerprint density at radius 2 is 2.27 bits per heavy atom. The minimum Gasteiger partial charge on any atom is -0.481 e. The Balaban J connectivity index is 2.37. The summed E-state index contributed by atoms with van der Waals surface area (Å²) in [4.78, 5) is 4.04. The number of rotatable bonds is 6. The number of hydrogen-bond donors (Lipinski definition) is 1. The Morgan fingerprint density at radius 3 is 2.93 bits per heavy atom. The molecule has 4 nitrogen and oxygen atoms in total. The summed E-state index contributed by atoms with van der Waals surface area (Å²) >= 11 is 0. The summed E-state index contributed by atoms with van der Waals surface area (Å²) in [7, 11) is 3.33. The molecule has 0 bridgehead atoms. The van der Waals surface area contributed by atoms with E-state index in [0.717, 1.165) is 18.7 Å². The van der Waals surface area contributed by atoms with Gasteiger partial charge in [0.1, 0.15) is 0 Å². The van der Waals surface area contributed by atoms with Crippen LogP contribution in [0.15, 0.2) is 18.3 Å². The zero-order valence-corrected chi connectivity index (χ0v) is 9.49. The Labute approximate surface area is 90.6 Å². The van der Waals surface area contributed by atoms with E-state index in [1.165, 1.54) is 0 Å². The van der Waals surface area contributed by atoms with E-state index >= 15 is 0 Å². The maximum atomic E-state index is 5.13. The number of hydrogen-bond acceptors (Lipinski definition) is 4. The van der Waals surface area contributed by atoms with Crippen molar-refractivity contribution >= 4 is 0 Å². The largest absolute Gasteiger partial charge is 0.481 e. The molecule has 1 aromatic rings. The van der Waals surface area contributed by atoms with Gasteiger partial charge >= 0.3 is 0 Å². The van der Waals surface area contributed by atoms with Crippen molar-refractivity contribution in [3.63, 3.8) is 0 Å². The van der Waals surface area contributed by atoms with Crippen molar-refractivity contribution in [3.8, 4) is 5.88 Å². The van der Waals surface area contributed by atoms with Gasteiger partial charge in [-0.2, -0.15) is 0 Å². The van der Waals surface area contributed by atoms with Gasteiger partial charge in [0.15, 0.2) is 0 Å². The van der Waals surface area contributed by atoms with Crippen LogP contribution in [0.4, 0.5) is 0 Å². The summed E-state index contributed by atoms with van der Waals surface area (Å²) < 4.78 is 10.2. The van der Waals surface area contributed by atoms with Crippen molar-refractivity contribution in [2.24, 2.45) is 0 Å². The highest BCUT2D eigenvalue weighted by Gasteiger charge is 1.99. The molecule has 1 aromatic heterocycles. The molecule has 1 atom stereocenters. The number of nitrogens with one attached hydrogen (secondary N) is 1. The van der Waals surface area contributed by atoms with Gasteiger partial charge in [-0.25, -0.2) is 4.98 Å². The van der Waals surface area contributed by atoms with Crippen molar-refractivity contribution in [2.75, 3.05) is 20.8 Å². The van der Waals surface area contributed by atoms with Crippen LogP contribution in [0.5, 0.6) is 5.88 Å². The number of methoxy groups -OCH3 is 2. The normalized spacial score (nSPS) is 12.5. The van der Waals surface area contributed by atoms with E-state index in [9.17, 15) is 0 Å². The van der Waals surface area contributed by atoms with Crippen LogP contribution < -0.4 is 10.1 Å². The molecule has 0 amide bonds. The Bertz CT molecular complexity index is 292. The van der Waals surface area contributed by atoms with Gasteiger partial charge < -0.3 is 14.8 Å². The molecule has 1 unspecified atom stereocenters. The second-order valence-electron chi connectivity index (χ2n) is 3.38. The molecular formula is C11H18N2O2. The third-order valence-corrected chi connectivity index (χ3v) is 2.17. The van der Waals surface area contributed by atoms with Gasteiger partial charge in [0.05, 0.1) is 13.2 Å². The average Bonchev–Trinajstić information content (AvgIpc) is 2.29. The minimum atomic E-state index is 0.230. The fourth-order valence-corrected chi connectivity index (χ4v) is 1.18. The molecule has 1 rings (SSSR count). The molecule has 0 fully saturated rings. The molecule has 0 aliphatic heterocycles. The molecule has 0 radical (unpaired) electrons. The van der Waals surface area contributed by atoms with Crippen LogP contribution in [0.1, 0.15) is 12.5 Å². The van der Waals surface area contributed by atoms with Crippen LogP contribution in [-0.4, -0.2) is 31.9 Å². The van der Waals surface area contributed by atoms with Gasteiger partial charge in [-0.3, -0.25) is 0 Å². The van der Waals surface area contributed by atoms with Crippen LogP contribution in [0, 0.1) is 0 Å². The quantitative estimate of drug-likeness (QED) is 0.766. The molecule has 0 aliphatic carbocycles. The third-order valence-electron chi connectivity index (χ3n) is 2.17. The maximum Gasteiger partial charge on any atom is 0.213 e. The molecule has 1 N–H and O–H groups in total. The summed E-state index contributed by atoms with van der Waals surface area (Å²) in [5.41, 5.74) is 1.16. The van der Waals surface area contributed by atoms with Crippen molar-refractivity contribution in [1.82, 2.24) is 10.3 Å². The van der Waals surface area contributed by atoms with Gasteiger partial charge in [0.2, 0.25) is 5.88 Å². The Morgan fingerprint density at radius 1 is 1.47 bits per heavy atom. The fraction of sp³-hybridized carbons (Fsp3) is 0.545. The first-order chi connectivity index (χ1) is 7.26. The summed E-state index contributed by atoms with van der Waals surface area (Å²) in [6.45, 7) is 3.66. The molecular weight excluding hydrogens is 192 g/mol. The standard InChI is InChI=1S/C11H18N2O2/c1-9(14-2)7-12-8-10-4-5-13-11(6-10)15-3/h4-6,9,12H,7-8H2,1-3H3. The van der Waals surface area contributed by atoms with E-state index < -0.39 is 0 Å². The van der Waals surface area contributed by atoms with E-state index in [2.05, 4.69) is 10.3 Å². The number of nitrogens with zero attached hydrogens (tertiary/aromatic N) is 1. The lowest BCUT2D eigenvalue weighted by molar-refractivity contribution is 0.117. The number of pyridine rings is 1. The second-order valence-corrected chi connectivity index (χ2v) is 3.38. The highest BCUT2D eigenvalue weighted by Crippen LogP contribution is 2.07. The second kappa shape index (κ2) is 6.37. The highest BCUT2D eigenvalue weighted by molar-refractivity contribution is 5.20. The van der Waals surface area contributed by atoms with Gasteiger partial charge in [0.25, 0.3) is 0 Å². The van der Waals surface area contributed by atoms with Gasteiger partial charge in [0, 0.05) is 32.5 Å². The molecule has 4 heteroatoms. The van der Waals surface area contributed by atoms with E-state index in [0.29, 0.717) is 5.88 Å². The highest BCUT2D eigenvalue weighted by atomic mass is 16.5. The predicted octanol–water partition coefficient (Wildman–Crippen LogP) is 1.21. The number of aromatic nitrogens is 1. The van der Waals surface area contributed by atoms with E-state index in [1.54, 1.807) is 20.4 Å². The molecule has 0 saturated heterocycles. The molecule has 0 saturated carbocycles. The zero-order chi connectivity index (χ0) is 11.1. The molecule has 1 heterocycles. The smallest absolute Gasteiger partial charge is 0.213 e. The maximum absolute atomic E-state index is 5.13. The van der Waals surface area contributed by atoms with Gasteiger partial charge in [-0.15, -0.1) is 0 Å². The molecule has 15 heavy (non-hydrogen) atoms. The fourth-order valence-electron chi connectivity index (χ4n) is 1.18. The van der Waals surface area contributed by atoms with Crippen LogP contribution in [-0.2, 0) is 11.3 Å². The Hall–Kier alpha value is -1.13. The van der Waals surface area contributed by atoms with Crippen LogP contribution >= 0.6 is 0 Å². The first kappa shape index (κ1) is 11.9. The minimum absolute atomic E-state index is 0.230. The zero-order valence-electron chi connectivity index (χ0n) is 9.49. The first-order valence-corrected chi connectivity index (χ1v) is 4.98. The molecule has 0 aromatic carbocycles. The lowest BCUT2D eigenvalue weighted by Crippen LogP contribution is -2.25. The van der Waals surface area contributed by atoms with E-state index in [-0.39, 0.29) is 6.10 Å². The van der Waals surface area contributed by atoms with Gasteiger partial charge in [-0.05, 0) is 18.6 Å². The van der Waals surface area contributed by atoms with Crippen LogP contribution in [0.25, 0.3) is 0 Å². The summed E-state index contributed by atoms with van der Waals surface area (Å²) in [6.07, 6.45) is 1.98. The average molecular weight is 210 g/mol. The molecule has 84 valence electrons. The first-order valence-electron chi connectivity index (χ1n) is 4.98. The van der Waals surface area contributed by atoms with Crippen LogP contribution in [0.3, 0.4) is 0 Å². The van der Waals surface area contributed by atoms with Crippen molar-refractivity contribution in [2.45, 2.75) is 19.6 Å². The third kappa shape index (κ3) is 4.27. The Kier molecular flexibility index (Phi) is 5.07. The van der Waals surface area contributed by atoms with Crippen molar-refractivity contribution < 1.29 is 9.47 Å². The van der Waals surface area contributed by atoms with Gasteiger partial charge in [-0.1, -0.05) is 0 Å². The monoisotopic (exact) mass is 210 g/mol. The van der Waals surface area contributed by atoms with Crippen LogP contribution in [0.2, 0.25) is 0 Å². The summed E-state index contributed by atoms with van der Waals surface area (Å²) in [5.74, 6) is 0.647. The SMILES string of the molecule is COc1cc(CNCC(C)OC)ccn1. The van der Waals surface area contributed by atoms with E-state index in [4.69, 9.17) is 9.47 Å². The number of ether oxygens (including phenoxy) is 2. The topological polar surface area (TPSA) is 43.4 Å². The summed E-state index contributed by atoms with van der Waals surface area (Å²) in [6, 6.07) is 3.89. The predicted molar refractivity (Wildman–Crippen MR) is 59.0 cm³/mol. The lowest BCUT2D eigenvalue weighted by Gasteiger charge is -2.10. The van der Waals surface area contributed by atoms with E-state index in [1.807, 2.05) is 19.1 Å². The summed E-state index contributed by atoms with van der Waals surface area (Å²) in [5, 5.41) is 3.30. The van der Waals surface area contributed by atoms with Crippen molar-refractivity contribution in [1.29, 1.82) is 0 Å². The molecule has 0 spiro atoms. The molecule has 0 aliphatic rings. The van der Waals surface area contributed by atoms with Crippen molar-refractivity contribution in [3.05, 3.63) is 23.9 Å². The lowest BCUT2D eigenvalue weighted by atomic mass is 10.2.